The van der Waals surface area contributed by atoms with Crippen molar-refractivity contribution in [3.63, 3.8) is 0 Å². The number of rotatable bonds is 0. The van der Waals surface area contributed by atoms with Gasteiger partial charge in [0.2, 0.25) is 0 Å². The topological polar surface area (TPSA) is 0 Å². The summed E-state index contributed by atoms with van der Waals surface area (Å²) >= 11 is 0. The van der Waals surface area contributed by atoms with E-state index in [4.69, 9.17) is 0 Å². The second-order valence-electron chi connectivity index (χ2n) is 16.6. The molecular formula is C33H56. The second-order valence-corrected chi connectivity index (χ2v) is 16.6. The van der Waals surface area contributed by atoms with Crippen LogP contribution < -0.4 is 0 Å². The summed E-state index contributed by atoms with van der Waals surface area (Å²) in [6.07, 6.45) is 21.5. The van der Waals surface area contributed by atoms with Gasteiger partial charge in [0.1, 0.15) is 0 Å². The van der Waals surface area contributed by atoms with Crippen molar-refractivity contribution >= 4 is 0 Å². The van der Waals surface area contributed by atoms with Crippen molar-refractivity contribution in [2.75, 3.05) is 0 Å². The largest absolute Gasteiger partial charge is 0.0625 e. The fourth-order valence-corrected chi connectivity index (χ4v) is 13.6. The molecule has 6 aliphatic rings. The van der Waals surface area contributed by atoms with Crippen LogP contribution in [0.15, 0.2) is 0 Å². The number of hydrogen-bond donors (Lipinski definition) is 0. The van der Waals surface area contributed by atoms with Crippen LogP contribution in [0.4, 0.5) is 0 Å². The molecular weight excluding hydrogens is 396 g/mol. The van der Waals surface area contributed by atoms with Gasteiger partial charge in [0.25, 0.3) is 0 Å². The van der Waals surface area contributed by atoms with E-state index in [0.29, 0.717) is 27.1 Å². The van der Waals surface area contributed by atoms with Gasteiger partial charge >= 0.3 is 0 Å². The van der Waals surface area contributed by atoms with Crippen molar-refractivity contribution in [3.8, 4) is 0 Å². The Labute approximate surface area is 206 Å². The zero-order valence-corrected chi connectivity index (χ0v) is 23.4. The molecule has 0 nitrogen and oxygen atoms in total. The summed E-state index contributed by atoms with van der Waals surface area (Å²) in [4.78, 5) is 0. The summed E-state index contributed by atoms with van der Waals surface area (Å²) in [5, 5.41) is 0. The van der Waals surface area contributed by atoms with E-state index in [1.54, 1.807) is 44.9 Å². The molecule has 6 fully saturated rings. The van der Waals surface area contributed by atoms with Gasteiger partial charge in [-0.25, -0.2) is 0 Å². The van der Waals surface area contributed by atoms with Crippen LogP contribution in [0.5, 0.6) is 0 Å². The maximum absolute atomic E-state index is 2.84. The van der Waals surface area contributed by atoms with Crippen LogP contribution in [-0.4, -0.2) is 0 Å². The van der Waals surface area contributed by atoms with Gasteiger partial charge in [-0.2, -0.15) is 0 Å². The van der Waals surface area contributed by atoms with Gasteiger partial charge in [-0.15, -0.1) is 0 Å². The van der Waals surface area contributed by atoms with Crippen LogP contribution in [0.1, 0.15) is 138 Å². The van der Waals surface area contributed by atoms with E-state index in [2.05, 4.69) is 48.5 Å². The SMILES string of the molecule is C[C@@H]1CC[C@@H]2[C@](C)(CC[C@@H]3[C@@]4(C)CC[C@@H]5[C@H]6CCCC(C)(C)[C@@H]6CC[C@@]5(C)[C@@H]4CC[C@]32C)C1. The molecule has 6 rings (SSSR count). The van der Waals surface area contributed by atoms with Crippen molar-refractivity contribution in [1.82, 2.24) is 0 Å². The molecule has 0 heteroatoms. The molecule has 11 atom stereocenters. The van der Waals surface area contributed by atoms with E-state index in [-0.39, 0.29) is 0 Å². The third kappa shape index (κ3) is 3.06. The Hall–Kier alpha value is 0. The molecule has 33 heavy (non-hydrogen) atoms. The minimum absolute atomic E-state index is 0.599. The number of hydrogen-bond acceptors (Lipinski definition) is 0. The molecule has 0 amide bonds. The van der Waals surface area contributed by atoms with Gasteiger partial charge in [-0.05, 0) is 146 Å². The smallest absolute Gasteiger partial charge is 0.0259 e. The highest BCUT2D eigenvalue weighted by Gasteiger charge is 2.68. The van der Waals surface area contributed by atoms with E-state index < -0.39 is 0 Å². The third-order valence-corrected chi connectivity index (χ3v) is 14.8. The van der Waals surface area contributed by atoms with Crippen LogP contribution >= 0.6 is 0 Å². The van der Waals surface area contributed by atoms with E-state index in [1.807, 2.05) is 0 Å². The van der Waals surface area contributed by atoms with E-state index >= 15 is 0 Å². The molecule has 6 aliphatic carbocycles. The fourth-order valence-electron chi connectivity index (χ4n) is 13.6. The average Bonchev–Trinajstić information content (AvgIpc) is 2.71. The van der Waals surface area contributed by atoms with Crippen molar-refractivity contribution in [3.05, 3.63) is 0 Å². The molecule has 0 heterocycles. The second kappa shape index (κ2) is 7.28. The summed E-state index contributed by atoms with van der Waals surface area (Å²) in [7, 11) is 0. The molecule has 0 spiro atoms. The first-order valence-electron chi connectivity index (χ1n) is 15.4. The highest BCUT2D eigenvalue weighted by atomic mass is 14.7. The minimum Gasteiger partial charge on any atom is -0.0625 e. The lowest BCUT2D eigenvalue weighted by atomic mass is 9.32. The predicted molar refractivity (Wildman–Crippen MR) is 141 cm³/mol. The van der Waals surface area contributed by atoms with Gasteiger partial charge in [0, 0.05) is 0 Å². The van der Waals surface area contributed by atoms with Crippen LogP contribution in [0.25, 0.3) is 0 Å². The Morgan fingerprint density at radius 1 is 0.515 bits per heavy atom. The predicted octanol–water partition coefficient (Wildman–Crippen LogP) is 9.91. The molecule has 0 aromatic carbocycles. The molecule has 0 aromatic rings. The lowest BCUT2D eigenvalue weighted by Crippen LogP contribution is -2.65. The summed E-state index contributed by atoms with van der Waals surface area (Å²) in [5.74, 6) is 7.04. The average molecular weight is 453 g/mol. The highest BCUT2D eigenvalue weighted by molar-refractivity contribution is 5.17. The molecule has 6 saturated carbocycles. The first kappa shape index (κ1) is 23.4. The van der Waals surface area contributed by atoms with Crippen molar-refractivity contribution in [2.45, 2.75) is 138 Å². The molecule has 0 unspecified atom stereocenters. The lowest BCUT2D eigenvalue weighted by Gasteiger charge is -2.72. The minimum atomic E-state index is 0.599. The Morgan fingerprint density at radius 3 is 1.91 bits per heavy atom. The molecule has 188 valence electrons. The summed E-state index contributed by atoms with van der Waals surface area (Å²) in [6.45, 7) is 19.0. The first-order valence-corrected chi connectivity index (χ1v) is 15.4. The van der Waals surface area contributed by atoms with E-state index in [0.717, 1.165) is 41.4 Å². The fraction of sp³-hybridized carbons (Fsp3) is 1.00. The third-order valence-electron chi connectivity index (χ3n) is 14.8. The molecule has 0 saturated heterocycles. The Balaban J connectivity index is 1.32. The maximum Gasteiger partial charge on any atom is -0.0259 e. The van der Waals surface area contributed by atoms with Crippen LogP contribution in [0, 0.1) is 68.5 Å². The van der Waals surface area contributed by atoms with Gasteiger partial charge in [0.05, 0.1) is 0 Å². The van der Waals surface area contributed by atoms with E-state index in [1.165, 1.54) is 44.9 Å². The zero-order valence-electron chi connectivity index (χ0n) is 23.4. The molecule has 0 bridgehead atoms. The lowest BCUT2D eigenvalue weighted by molar-refractivity contribution is -0.234. The number of fused-ring (bicyclic) bond motifs is 9. The Morgan fingerprint density at radius 2 is 1.12 bits per heavy atom. The Kier molecular flexibility index (Phi) is 5.16. The molecule has 0 radical (unpaired) electrons. The zero-order chi connectivity index (χ0) is 23.4. The van der Waals surface area contributed by atoms with Crippen LogP contribution in [-0.2, 0) is 0 Å². The van der Waals surface area contributed by atoms with Crippen molar-refractivity contribution in [1.29, 1.82) is 0 Å². The quantitative estimate of drug-likeness (QED) is 0.343. The van der Waals surface area contributed by atoms with Crippen molar-refractivity contribution < 1.29 is 0 Å². The Bertz CT molecular complexity index is 779. The maximum atomic E-state index is 2.84. The standard InChI is InChI=1S/C33H56/c1-22-10-11-26-30(4,21-22)17-14-28-32(26,6)20-15-27-31(5)18-12-24-23(9-8-16-29(24,2)3)25(31)13-19-33(27,28)7/h22-28H,8-21H2,1-7H3/t22-,23+,24-,25-,26-,27+,28+,30-,31-,32+,33+/m1/s1. The van der Waals surface area contributed by atoms with Gasteiger partial charge < -0.3 is 0 Å². The van der Waals surface area contributed by atoms with Crippen LogP contribution in [0.2, 0.25) is 0 Å². The monoisotopic (exact) mass is 452 g/mol. The normalized spacial score (nSPS) is 59.9. The van der Waals surface area contributed by atoms with E-state index in [9.17, 15) is 0 Å². The summed E-state index contributed by atoms with van der Waals surface area (Å²) in [6, 6.07) is 0. The molecule has 0 aromatic heterocycles. The molecule has 0 aliphatic heterocycles. The van der Waals surface area contributed by atoms with Crippen LogP contribution in [0.3, 0.4) is 0 Å². The van der Waals surface area contributed by atoms with Gasteiger partial charge in [-0.1, -0.05) is 61.3 Å². The van der Waals surface area contributed by atoms with Crippen molar-refractivity contribution in [2.24, 2.45) is 68.5 Å². The highest BCUT2D eigenvalue weighted by Crippen LogP contribution is 2.76. The summed E-state index contributed by atoms with van der Waals surface area (Å²) < 4.78 is 0. The molecule has 0 N–H and O–H groups in total. The van der Waals surface area contributed by atoms with Gasteiger partial charge in [0.15, 0.2) is 0 Å². The summed E-state index contributed by atoms with van der Waals surface area (Å²) in [5.41, 5.74) is 3.09. The first-order chi connectivity index (χ1) is 15.4. The van der Waals surface area contributed by atoms with Gasteiger partial charge in [-0.3, -0.25) is 0 Å².